The molecule has 0 spiro atoms. The SMILES string of the molecule is O=C(CSc1ncc2ccccn12)N(Cc1ccccc1F)C1CC1. The minimum Gasteiger partial charge on any atom is -0.335 e. The molecule has 1 fully saturated rings. The lowest BCUT2D eigenvalue weighted by Gasteiger charge is -2.22. The van der Waals surface area contributed by atoms with Crippen molar-refractivity contribution in [2.24, 2.45) is 0 Å². The molecule has 0 N–H and O–H groups in total. The number of aromatic nitrogens is 2. The lowest BCUT2D eigenvalue weighted by atomic mass is 10.2. The number of imidazole rings is 1. The Kier molecular flexibility index (Phi) is 4.44. The van der Waals surface area contributed by atoms with Crippen LogP contribution in [0.2, 0.25) is 0 Å². The van der Waals surface area contributed by atoms with Crippen LogP contribution in [0.15, 0.2) is 60.0 Å². The van der Waals surface area contributed by atoms with Gasteiger partial charge in [-0.3, -0.25) is 9.20 Å². The molecule has 0 atom stereocenters. The van der Waals surface area contributed by atoms with Gasteiger partial charge in [0.15, 0.2) is 5.16 Å². The molecular weight excluding hydrogens is 337 g/mol. The van der Waals surface area contributed by atoms with E-state index in [9.17, 15) is 9.18 Å². The molecule has 4 nitrogen and oxygen atoms in total. The number of pyridine rings is 1. The summed E-state index contributed by atoms with van der Waals surface area (Å²) in [5.74, 6) is 0.0789. The first kappa shape index (κ1) is 16.1. The van der Waals surface area contributed by atoms with E-state index in [4.69, 9.17) is 0 Å². The fraction of sp³-hybridized carbons (Fsp3) is 0.263. The van der Waals surface area contributed by atoms with Gasteiger partial charge in [-0.2, -0.15) is 0 Å². The van der Waals surface area contributed by atoms with Crippen LogP contribution < -0.4 is 0 Å². The second kappa shape index (κ2) is 6.88. The molecule has 0 saturated heterocycles. The Morgan fingerprint density at radius 2 is 2.04 bits per heavy atom. The Labute approximate surface area is 149 Å². The van der Waals surface area contributed by atoms with Gasteiger partial charge in [-0.05, 0) is 31.0 Å². The van der Waals surface area contributed by atoms with Gasteiger partial charge in [0.25, 0.3) is 0 Å². The van der Waals surface area contributed by atoms with E-state index >= 15 is 0 Å². The topological polar surface area (TPSA) is 37.6 Å². The molecule has 3 aromatic rings. The average molecular weight is 355 g/mol. The van der Waals surface area contributed by atoms with Crippen LogP contribution in [0.5, 0.6) is 0 Å². The van der Waals surface area contributed by atoms with E-state index in [0.717, 1.165) is 23.5 Å². The third-order valence-electron chi connectivity index (χ3n) is 4.34. The molecule has 128 valence electrons. The van der Waals surface area contributed by atoms with Crippen molar-refractivity contribution in [3.8, 4) is 0 Å². The molecule has 4 rings (SSSR count). The van der Waals surface area contributed by atoms with Crippen molar-refractivity contribution in [2.75, 3.05) is 5.75 Å². The number of carbonyl (C=O) groups excluding carboxylic acids is 1. The van der Waals surface area contributed by atoms with Crippen LogP contribution in [-0.4, -0.2) is 32.0 Å². The first-order valence-electron chi connectivity index (χ1n) is 8.30. The molecule has 1 saturated carbocycles. The summed E-state index contributed by atoms with van der Waals surface area (Å²) < 4.78 is 15.9. The van der Waals surface area contributed by atoms with E-state index in [1.54, 1.807) is 29.3 Å². The van der Waals surface area contributed by atoms with E-state index in [1.807, 2.05) is 28.8 Å². The highest BCUT2D eigenvalue weighted by molar-refractivity contribution is 7.99. The van der Waals surface area contributed by atoms with Crippen molar-refractivity contribution in [3.05, 3.63) is 66.2 Å². The molecule has 6 heteroatoms. The molecule has 2 aromatic heterocycles. The zero-order chi connectivity index (χ0) is 17.2. The van der Waals surface area contributed by atoms with Gasteiger partial charge < -0.3 is 4.90 Å². The molecule has 2 heterocycles. The van der Waals surface area contributed by atoms with Gasteiger partial charge in [0.2, 0.25) is 5.91 Å². The highest BCUT2D eigenvalue weighted by atomic mass is 32.2. The highest BCUT2D eigenvalue weighted by Gasteiger charge is 2.33. The van der Waals surface area contributed by atoms with Crippen molar-refractivity contribution in [1.29, 1.82) is 0 Å². The molecule has 1 amide bonds. The smallest absolute Gasteiger partial charge is 0.233 e. The molecule has 0 aliphatic heterocycles. The fourth-order valence-electron chi connectivity index (χ4n) is 2.85. The summed E-state index contributed by atoms with van der Waals surface area (Å²) >= 11 is 1.42. The Balaban J connectivity index is 1.45. The predicted molar refractivity (Wildman–Crippen MR) is 95.9 cm³/mol. The Morgan fingerprint density at radius 3 is 2.84 bits per heavy atom. The van der Waals surface area contributed by atoms with Crippen molar-refractivity contribution in [1.82, 2.24) is 14.3 Å². The van der Waals surface area contributed by atoms with Gasteiger partial charge in [-0.1, -0.05) is 36.0 Å². The van der Waals surface area contributed by atoms with E-state index < -0.39 is 0 Å². The average Bonchev–Trinajstić information content (AvgIpc) is 3.39. The second-order valence-corrected chi connectivity index (χ2v) is 7.11. The monoisotopic (exact) mass is 355 g/mol. The molecule has 0 bridgehead atoms. The summed E-state index contributed by atoms with van der Waals surface area (Å²) in [6.45, 7) is 0.332. The van der Waals surface area contributed by atoms with Crippen molar-refractivity contribution in [3.63, 3.8) is 0 Å². The third kappa shape index (κ3) is 3.54. The van der Waals surface area contributed by atoms with E-state index in [-0.39, 0.29) is 17.8 Å². The molecular formula is C19H18FN3OS. The molecule has 1 aromatic carbocycles. The maximum Gasteiger partial charge on any atom is 0.233 e. The first-order valence-corrected chi connectivity index (χ1v) is 9.29. The minimum atomic E-state index is -0.257. The Morgan fingerprint density at radius 1 is 1.24 bits per heavy atom. The summed E-state index contributed by atoms with van der Waals surface area (Å²) in [6, 6.07) is 12.8. The van der Waals surface area contributed by atoms with Gasteiger partial charge in [-0.25, -0.2) is 9.37 Å². The number of carbonyl (C=O) groups is 1. The maximum atomic E-state index is 13.9. The number of hydrogen-bond acceptors (Lipinski definition) is 3. The van der Waals surface area contributed by atoms with Crippen LogP contribution in [0.4, 0.5) is 4.39 Å². The molecule has 1 aliphatic carbocycles. The summed E-state index contributed by atoms with van der Waals surface area (Å²) in [5, 5.41) is 0.797. The largest absolute Gasteiger partial charge is 0.335 e. The standard InChI is InChI=1S/C19H18FN3OS/c20-17-7-2-1-5-14(17)12-23(15-8-9-15)18(24)13-25-19-21-11-16-6-3-4-10-22(16)19/h1-7,10-11,15H,8-9,12-13H2. The Hall–Kier alpha value is -2.34. The summed E-state index contributed by atoms with van der Waals surface area (Å²) in [4.78, 5) is 18.9. The molecule has 1 aliphatic rings. The number of nitrogens with zero attached hydrogens (tertiary/aromatic N) is 3. The lowest BCUT2D eigenvalue weighted by Crippen LogP contribution is -2.34. The van der Waals surface area contributed by atoms with E-state index in [1.165, 1.54) is 17.8 Å². The number of rotatable bonds is 6. The lowest BCUT2D eigenvalue weighted by molar-refractivity contribution is -0.129. The van der Waals surface area contributed by atoms with Crippen LogP contribution >= 0.6 is 11.8 Å². The normalized spacial score (nSPS) is 14.0. The number of thioether (sulfide) groups is 1. The van der Waals surface area contributed by atoms with Crippen LogP contribution in [0.3, 0.4) is 0 Å². The number of halogens is 1. The second-order valence-electron chi connectivity index (χ2n) is 6.17. The molecule has 0 unspecified atom stereocenters. The fourth-order valence-corrected chi connectivity index (χ4v) is 3.70. The quantitative estimate of drug-likeness (QED) is 0.632. The minimum absolute atomic E-state index is 0.0310. The van der Waals surface area contributed by atoms with Crippen LogP contribution in [0.1, 0.15) is 18.4 Å². The first-order chi connectivity index (χ1) is 12.2. The number of fused-ring (bicyclic) bond motifs is 1. The van der Waals surface area contributed by atoms with Crippen molar-refractivity contribution >= 4 is 23.2 Å². The van der Waals surface area contributed by atoms with Gasteiger partial charge in [0, 0.05) is 24.3 Å². The van der Waals surface area contributed by atoms with Crippen molar-refractivity contribution in [2.45, 2.75) is 30.6 Å². The number of benzene rings is 1. The highest BCUT2D eigenvalue weighted by Crippen LogP contribution is 2.30. The van der Waals surface area contributed by atoms with Crippen molar-refractivity contribution < 1.29 is 9.18 Å². The van der Waals surface area contributed by atoms with Gasteiger partial charge >= 0.3 is 0 Å². The van der Waals surface area contributed by atoms with Crippen LogP contribution in [0, 0.1) is 5.82 Å². The number of amides is 1. The van der Waals surface area contributed by atoms with E-state index in [0.29, 0.717) is 17.9 Å². The zero-order valence-electron chi connectivity index (χ0n) is 13.6. The van der Waals surface area contributed by atoms with Gasteiger partial charge in [0.1, 0.15) is 5.82 Å². The predicted octanol–water partition coefficient (Wildman–Crippen LogP) is 3.76. The molecule has 0 radical (unpaired) electrons. The molecule has 25 heavy (non-hydrogen) atoms. The van der Waals surface area contributed by atoms with Gasteiger partial charge in [0.05, 0.1) is 17.5 Å². The summed E-state index contributed by atoms with van der Waals surface area (Å²) in [5.41, 5.74) is 1.57. The third-order valence-corrected chi connectivity index (χ3v) is 5.29. The Bertz CT molecular complexity index is 906. The van der Waals surface area contributed by atoms with Crippen LogP contribution in [-0.2, 0) is 11.3 Å². The summed E-state index contributed by atoms with van der Waals surface area (Å²) in [7, 11) is 0. The van der Waals surface area contributed by atoms with E-state index in [2.05, 4.69) is 4.98 Å². The summed E-state index contributed by atoms with van der Waals surface area (Å²) in [6.07, 6.45) is 5.73. The van der Waals surface area contributed by atoms with Gasteiger partial charge in [-0.15, -0.1) is 0 Å². The zero-order valence-corrected chi connectivity index (χ0v) is 14.5. The number of hydrogen-bond donors (Lipinski definition) is 0. The maximum absolute atomic E-state index is 13.9. The van der Waals surface area contributed by atoms with Crippen LogP contribution in [0.25, 0.3) is 5.52 Å².